The summed E-state index contributed by atoms with van der Waals surface area (Å²) in [5, 5.41) is 3.95. The molecule has 1 N–H and O–H groups in total. The number of furan rings is 1. The first-order valence-corrected chi connectivity index (χ1v) is 8.18. The number of carbonyl (C=O) groups is 1. The van der Waals surface area contributed by atoms with Crippen LogP contribution >= 0.6 is 0 Å². The van der Waals surface area contributed by atoms with Crippen LogP contribution in [-0.4, -0.2) is 19.1 Å². The summed E-state index contributed by atoms with van der Waals surface area (Å²) < 4.78 is 11.3. The molecule has 0 aliphatic heterocycles. The van der Waals surface area contributed by atoms with Crippen molar-refractivity contribution in [3.8, 4) is 5.75 Å². The van der Waals surface area contributed by atoms with Gasteiger partial charge in [0.1, 0.15) is 11.3 Å². The summed E-state index contributed by atoms with van der Waals surface area (Å²) in [4.78, 5) is 12.0. The highest BCUT2D eigenvalue weighted by Crippen LogP contribution is 2.33. The van der Waals surface area contributed by atoms with E-state index in [9.17, 15) is 4.79 Å². The quantitative estimate of drug-likeness (QED) is 0.606. The largest absolute Gasteiger partial charge is 0.493 e. The Balaban J connectivity index is 2.33. The maximum absolute atomic E-state index is 12.0. The van der Waals surface area contributed by atoms with E-state index in [0.717, 1.165) is 46.3 Å². The first-order valence-electron chi connectivity index (χ1n) is 8.18. The number of aryl methyl sites for hydroxylation is 1. The Labute approximate surface area is 137 Å². The van der Waals surface area contributed by atoms with Crippen LogP contribution in [0.3, 0.4) is 0 Å². The van der Waals surface area contributed by atoms with Gasteiger partial charge in [-0.2, -0.15) is 0 Å². The van der Waals surface area contributed by atoms with Gasteiger partial charge in [-0.3, -0.25) is 4.79 Å². The second-order valence-electron chi connectivity index (χ2n) is 5.67. The van der Waals surface area contributed by atoms with Crippen molar-refractivity contribution in [3.63, 3.8) is 0 Å². The Hall–Kier alpha value is -2.23. The van der Waals surface area contributed by atoms with Crippen LogP contribution in [0.4, 0.5) is 0 Å². The van der Waals surface area contributed by atoms with Gasteiger partial charge in [0, 0.05) is 29.6 Å². The minimum atomic E-state index is -0.0672. The molecule has 1 heterocycles. The third-order valence-corrected chi connectivity index (χ3v) is 3.77. The van der Waals surface area contributed by atoms with Gasteiger partial charge in [0.25, 0.3) is 0 Å². The monoisotopic (exact) mass is 315 g/mol. The lowest BCUT2D eigenvalue weighted by atomic mass is 10.0. The van der Waals surface area contributed by atoms with Crippen LogP contribution in [0.25, 0.3) is 16.5 Å². The van der Waals surface area contributed by atoms with E-state index in [1.165, 1.54) is 0 Å². The molecule has 0 unspecified atom stereocenters. The summed E-state index contributed by atoms with van der Waals surface area (Å²) in [6.45, 7) is 9.25. The smallest absolute Gasteiger partial charge is 0.244 e. The molecule has 4 heteroatoms. The minimum absolute atomic E-state index is 0.0672. The van der Waals surface area contributed by atoms with E-state index in [1.54, 1.807) is 12.3 Å². The number of carbonyl (C=O) groups excluding carboxylic acids is 1. The number of fused-ring (bicyclic) bond motifs is 1. The third-order valence-electron chi connectivity index (χ3n) is 3.77. The molecule has 0 atom stereocenters. The minimum Gasteiger partial charge on any atom is -0.493 e. The molecule has 1 aromatic heterocycles. The second-order valence-corrected chi connectivity index (χ2v) is 5.67. The summed E-state index contributed by atoms with van der Waals surface area (Å²) in [7, 11) is 0. The molecule has 2 rings (SSSR count). The average molecular weight is 315 g/mol. The van der Waals surface area contributed by atoms with Gasteiger partial charge in [-0.1, -0.05) is 13.3 Å². The standard InChI is InChI=1S/C19H25NO3/c1-5-7-8-20-19(21)9-13(3)15-10-16-14(4)12-23-18(16)11-17(15)22-6-2/h9-12H,5-8H2,1-4H3,(H,20,21)/b13-9+. The number of amides is 1. The normalized spacial score (nSPS) is 11.7. The van der Waals surface area contributed by atoms with Gasteiger partial charge in [-0.25, -0.2) is 0 Å². The van der Waals surface area contributed by atoms with Crippen molar-refractivity contribution in [2.24, 2.45) is 0 Å². The number of hydrogen-bond acceptors (Lipinski definition) is 3. The molecule has 0 aliphatic carbocycles. The van der Waals surface area contributed by atoms with Crippen molar-refractivity contribution in [1.29, 1.82) is 0 Å². The van der Waals surface area contributed by atoms with Crippen LogP contribution in [0.15, 0.2) is 28.9 Å². The van der Waals surface area contributed by atoms with Crippen LogP contribution in [-0.2, 0) is 4.79 Å². The topological polar surface area (TPSA) is 51.5 Å². The molecule has 4 nitrogen and oxygen atoms in total. The number of nitrogens with one attached hydrogen (secondary N) is 1. The zero-order chi connectivity index (χ0) is 16.8. The fourth-order valence-electron chi connectivity index (χ4n) is 2.48. The molecule has 23 heavy (non-hydrogen) atoms. The Morgan fingerprint density at radius 3 is 2.83 bits per heavy atom. The molecule has 0 radical (unpaired) electrons. The highest BCUT2D eigenvalue weighted by atomic mass is 16.5. The van der Waals surface area contributed by atoms with Crippen molar-refractivity contribution in [2.45, 2.75) is 40.5 Å². The van der Waals surface area contributed by atoms with Crippen molar-refractivity contribution in [2.75, 3.05) is 13.2 Å². The Morgan fingerprint density at radius 1 is 1.35 bits per heavy atom. The number of unbranched alkanes of at least 4 members (excludes halogenated alkanes) is 1. The highest BCUT2D eigenvalue weighted by molar-refractivity contribution is 5.97. The van der Waals surface area contributed by atoms with Gasteiger partial charge in [0.2, 0.25) is 5.91 Å². The van der Waals surface area contributed by atoms with Gasteiger partial charge in [-0.05, 0) is 44.4 Å². The van der Waals surface area contributed by atoms with Crippen LogP contribution in [0.2, 0.25) is 0 Å². The van der Waals surface area contributed by atoms with Gasteiger partial charge < -0.3 is 14.5 Å². The Bertz CT molecular complexity index is 713. The summed E-state index contributed by atoms with van der Waals surface area (Å²) in [6, 6.07) is 3.93. The van der Waals surface area contributed by atoms with Crippen LogP contribution in [0.5, 0.6) is 5.75 Å². The SMILES string of the molecule is CCCCNC(=O)/C=C(\C)c1cc2c(C)coc2cc1OCC. The lowest BCUT2D eigenvalue weighted by Crippen LogP contribution is -2.22. The molecule has 1 aromatic carbocycles. The number of rotatable bonds is 7. The summed E-state index contributed by atoms with van der Waals surface area (Å²) in [5.41, 5.74) is 3.68. The molecular formula is C19H25NO3. The van der Waals surface area contributed by atoms with E-state index in [4.69, 9.17) is 9.15 Å². The zero-order valence-corrected chi connectivity index (χ0v) is 14.4. The van der Waals surface area contributed by atoms with E-state index in [1.807, 2.05) is 32.9 Å². The molecule has 0 saturated carbocycles. The highest BCUT2D eigenvalue weighted by Gasteiger charge is 2.12. The lowest BCUT2D eigenvalue weighted by Gasteiger charge is -2.11. The molecule has 1 amide bonds. The van der Waals surface area contributed by atoms with Gasteiger partial charge in [0.05, 0.1) is 12.9 Å². The van der Waals surface area contributed by atoms with E-state index in [0.29, 0.717) is 13.2 Å². The van der Waals surface area contributed by atoms with Crippen LogP contribution in [0, 0.1) is 6.92 Å². The van der Waals surface area contributed by atoms with E-state index >= 15 is 0 Å². The number of ether oxygens (including phenoxy) is 1. The van der Waals surface area contributed by atoms with Gasteiger partial charge in [-0.15, -0.1) is 0 Å². The summed E-state index contributed by atoms with van der Waals surface area (Å²) >= 11 is 0. The van der Waals surface area contributed by atoms with Crippen molar-refractivity contribution in [3.05, 3.63) is 35.6 Å². The fourth-order valence-corrected chi connectivity index (χ4v) is 2.48. The van der Waals surface area contributed by atoms with E-state index in [2.05, 4.69) is 12.2 Å². The van der Waals surface area contributed by atoms with E-state index in [-0.39, 0.29) is 5.91 Å². The van der Waals surface area contributed by atoms with Crippen molar-refractivity contribution < 1.29 is 13.9 Å². The number of allylic oxidation sites excluding steroid dienone is 1. The molecular weight excluding hydrogens is 290 g/mol. The molecule has 0 fully saturated rings. The van der Waals surface area contributed by atoms with Gasteiger partial charge >= 0.3 is 0 Å². The van der Waals surface area contributed by atoms with Crippen molar-refractivity contribution in [1.82, 2.24) is 5.32 Å². The molecule has 0 saturated heterocycles. The first kappa shape index (κ1) is 17.1. The molecule has 0 spiro atoms. The fraction of sp³-hybridized carbons (Fsp3) is 0.421. The Kier molecular flexibility index (Phi) is 5.85. The van der Waals surface area contributed by atoms with Crippen LogP contribution < -0.4 is 10.1 Å². The molecule has 124 valence electrons. The second kappa shape index (κ2) is 7.86. The average Bonchev–Trinajstić information content (AvgIpc) is 2.87. The number of benzene rings is 1. The van der Waals surface area contributed by atoms with Crippen molar-refractivity contribution >= 4 is 22.4 Å². The molecule has 0 aliphatic rings. The maximum Gasteiger partial charge on any atom is 0.244 e. The summed E-state index contributed by atoms with van der Waals surface area (Å²) in [6.07, 6.45) is 5.42. The molecule has 0 bridgehead atoms. The third kappa shape index (κ3) is 4.15. The predicted molar refractivity (Wildman–Crippen MR) is 93.7 cm³/mol. The van der Waals surface area contributed by atoms with Crippen LogP contribution in [0.1, 0.15) is 44.7 Å². The lowest BCUT2D eigenvalue weighted by molar-refractivity contribution is -0.116. The van der Waals surface area contributed by atoms with Gasteiger partial charge in [0.15, 0.2) is 0 Å². The zero-order valence-electron chi connectivity index (χ0n) is 14.4. The molecule has 2 aromatic rings. The van der Waals surface area contributed by atoms with E-state index < -0.39 is 0 Å². The Morgan fingerprint density at radius 2 is 2.13 bits per heavy atom. The first-order chi connectivity index (χ1) is 11.1. The number of hydrogen-bond donors (Lipinski definition) is 1. The predicted octanol–water partition coefficient (Wildman–Crippen LogP) is 4.46. The maximum atomic E-state index is 12.0. The summed E-state index contributed by atoms with van der Waals surface area (Å²) in [5.74, 6) is 0.673.